The van der Waals surface area contributed by atoms with E-state index in [0.29, 0.717) is 5.92 Å². The van der Waals surface area contributed by atoms with E-state index in [9.17, 15) is 0 Å². The van der Waals surface area contributed by atoms with E-state index in [1.165, 1.54) is 50.5 Å². The van der Waals surface area contributed by atoms with Gasteiger partial charge in [0.1, 0.15) is 0 Å². The van der Waals surface area contributed by atoms with Crippen LogP contribution in [0.15, 0.2) is 30.3 Å². The molecule has 0 fully saturated rings. The average Bonchev–Trinajstić information content (AvgIpc) is 2.38. The molecular weight excluding hydrogens is 206 g/mol. The van der Waals surface area contributed by atoms with Gasteiger partial charge in [-0.25, -0.2) is 0 Å². The number of nitrogens with two attached hydrogens (primary N) is 1. The van der Waals surface area contributed by atoms with Crippen LogP contribution >= 0.6 is 0 Å². The summed E-state index contributed by atoms with van der Waals surface area (Å²) in [7, 11) is 0. The van der Waals surface area contributed by atoms with Crippen LogP contribution in [0, 0.1) is 0 Å². The summed E-state index contributed by atoms with van der Waals surface area (Å²) in [6.45, 7) is 3.19. The van der Waals surface area contributed by atoms with Gasteiger partial charge in [0.05, 0.1) is 0 Å². The number of hydrogen-bond donors (Lipinski definition) is 1. The molecule has 1 heteroatoms. The van der Waals surface area contributed by atoms with Crippen LogP contribution in [0.1, 0.15) is 63.4 Å². The predicted octanol–water partition coefficient (Wildman–Crippen LogP) is 4.48. The highest BCUT2D eigenvalue weighted by Crippen LogP contribution is 2.21. The molecule has 0 aromatic heterocycles. The molecule has 1 unspecified atom stereocenters. The molecule has 96 valence electrons. The summed E-state index contributed by atoms with van der Waals surface area (Å²) in [5.41, 5.74) is 6.96. The van der Waals surface area contributed by atoms with E-state index in [2.05, 4.69) is 37.3 Å². The van der Waals surface area contributed by atoms with Crippen molar-refractivity contribution < 1.29 is 0 Å². The zero-order valence-corrected chi connectivity index (χ0v) is 11.2. The minimum absolute atomic E-state index is 0.709. The van der Waals surface area contributed by atoms with Gasteiger partial charge in [0.2, 0.25) is 0 Å². The molecule has 0 heterocycles. The van der Waals surface area contributed by atoms with Gasteiger partial charge < -0.3 is 5.73 Å². The van der Waals surface area contributed by atoms with Crippen LogP contribution < -0.4 is 5.73 Å². The normalized spacial score (nSPS) is 12.6. The number of hydrogen-bond acceptors (Lipinski definition) is 1. The molecule has 1 rings (SSSR count). The van der Waals surface area contributed by atoms with E-state index in [1.54, 1.807) is 0 Å². The molecule has 1 aromatic carbocycles. The zero-order valence-electron chi connectivity index (χ0n) is 11.2. The van der Waals surface area contributed by atoms with Gasteiger partial charge in [0.15, 0.2) is 0 Å². The van der Waals surface area contributed by atoms with Crippen molar-refractivity contribution in [3.63, 3.8) is 0 Å². The van der Waals surface area contributed by atoms with Gasteiger partial charge in [-0.1, -0.05) is 69.4 Å². The maximum Gasteiger partial charge on any atom is -0.00773 e. The molecular formula is C16H27N. The summed E-state index contributed by atoms with van der Waals surface area (Å²) in [6.07, 6.45) is 9.30. The number of rotatable bonds is 9. The van der Waals surface area contributed by atoms with Crippen LogP contribution in [0.25, 0.3) is 0 Å². The first-order chi connectivity index (χ1) is 8.34. The summed E-state index contributed by atoms with van der Waals surface area (Å²) in [5, 5.41) is 0. The Hall–Kier alpha value is -0.820. The molecule has 0 amide bonds. The van der Waals surface area contributed by atoms with Gasteiger partial charge in [-0.15, -0.1) is 0 Å². The van der Waals surface area contributed by atoms with Gasteiger partial charge in [0, 0.05) is 0 Å². The Bertz CT molecular complexity index is 268. The smallest absolute Gasteiger partial charge is 0.00773 e. The topological polar surface area (TPSA) is 26.0 Å². The maximum atomic E-state index is 5.47. The first kappa shape index (κ1) is 14.2. The monoisotopic (exact) mass is 233 g/mol. The second kappa shape index (κ2) is 9.23. The van der Waals surface area contributed by atoms with Gasteiger partial charge in [-0.3, -0.25) is 0 Å². The van der Waals surface area contributed by atoms with Crippen molar-refractivity contribution in [3.8, 4) is 0 Å². The third kappa shape index (κ3) is 6.48. The minimum Gasteiger partial charge on any atom is -0.330 e. The predicted molar refractivity (Wildman–Crippen MR) is 76.2 cm³/mol. The summed E-state index contributed by atoms with van der Waals surface area (Å²) >= 11 is 0. The fraction of sp³-hybridized carbons (Fsp3) is 0.625. The van der Waals surface area contributed by atoms with Crippen LogP contribution in [0.5, 0.6) is 0 Å². The average molecular weight is 233 g/mol. The summed E-state index contributed by atoms with van der Waals surface area (Å²) in [6, 6.07) is 10.8. The van der Waals surface area contributed by atoms with E-state index >= 15 is 0 Å². The molecule has 0 saturated carbocycles. The Morgan fingerprint density at radius 1 is 0.882 bits per heavy atom. The lowest BCUT2D eigenvalue weighted by atomic mass is 9.95. The Labute approximate surface area is 106 Å². The van der Waals surface area contributed by atoms with Crippen LogP contribution in [-0.2, 0) is 0 Å². The zero-order chi connectivity index (χ0) is 12.3. The SMILES string of the molecule is CC(CCCCCCCCN)c1ccccc1. The van der Waals surface area contributed by atoms with E-state index in [-0.39, 0.29) is 0 Å². The van der Waals surface area contributed by atoms with Crippen molar-refractivity contribution in [3.05, 3.63) is 35.9 Å². The molecule has 1 nitrogen and oxygen atoms in total. The highest BCUT2D eigenvalue weighted by Gasteiger charge is 2.03. The Kier molecular flexibility index (Phi) is 7.74. The molecule has 1 aromatic rings. The third-order valence-corrected chi connectivity index (χ3v) is 3.46. The third-order valence-electron chi connectivity index (χ3n) is 3.46. The Morgan fingerprint density at radius 3 is 2.12 bits per heavy atom. The molecule has 0 aliphatic rings. The Morgan fingerprint density at radius 2 is 1.47 bits per heavy atom. The highest BCUT2D eigenvalue weighted by molar-refractivity contribution is 5.18. The van der Waals surface area contributed by atoms with Crippen LogP contribution in [0.2, 0.25) is 0 Å². The number of unbranched alkanes of at least 4 members (excludes halogenated alkanes) is 5. The van der Waals surface area contributed by atoms with Crippen molar-refractivity contribution >= 4 is 0 Å². The van der Waals surface area contributed by atoms with Gasteiger partial charge >= 0.3 is 0 Å². The Balaban J connectivity index is 2.03. The van der Waals surface area contributed by atoms with Crippen molar-refractivity contribution in [2.24, 2.45) is 5.73 Å². The molecule has 2 N–H and O–H groups in total. The van der Waals surface area contributed by atoms with E-state index in [0.717, 1.165) is 6.54 Å². The van der Waals surface area contributed by atoms with E-state index in [1.807, 2.05) is 0 Å². The molecule has 0 aliphatic carbocycles. The van der Waals surface area contributed by atoms with Crippen LogP contribution in [0.3, 0.4) is 0 Å². The van der Waals surface area contributed by atoms with Gasteiger partial charge in [0.25, 0.3) is 0 Å². The number of benzene rings is 1. The fourth-order valence-corrected chi connectivity index (χ4v) is 2.25. The van der Waals surface area contributed by atoms with Crippen molar-refractivity contribution in [2.75, 3.05) is 6.54 Å². The standard InChI is InChI=1S/C16H27N/c1-15(16-12-8-6-9-13-16)11-7-4-2-3-5-10-14-17/h6,8-9,12-13,15H,2-5,7,10-11,14,17H2,1H3. The molecule has 0 saturated heterocycles. The fourth-order valence-electron chi connectivity index (χ4n) is 2.25. The molecule has 0 bridgehead atoms. The largest absolute Gasteiger partial charge is 0.330 e. The van der Waals surface area contributed by atoms with Gasteiger partial charge in [-0.2, -0.15) is 0 Å². The van der Waals surface area contributed by atoms with Crippen molar-refractivity contribution in [2.45, 2.75) is 57.8 Å². The molecule has 1 atom stereocenters. The lowest BCUT2D eigenvalue weighted by Gasteiger charge is -2.11. The first-order valence-corrected chi connectivity index (χ1v) is 7.09. The van der Waals surface area contributed by atoms with Gasteiger partial charge in [-0.05, 0) is 30.9 Å². The second-order valence-corrected chi connectivity index (χ2v) is 5.01. The van der Waals surface area contributed by atoms with Crippen molar-refractivity contribution in [1.82, 2.24) is 0 Å². The summed E-state index contributed by atoms with van der Waals surface area (Å²) < 4.78 is 0. The molecule has 0 spiro atoms. The molecule has 0 aliphatic heterocycles. The lowest BCUT2D eigenvalue weighted by Crippen LogP contribution is -1.97. The quantitative estimate of drug-likeness (QED) is 0.625. The van der Waals surface area contributed by atoms with E-state index in [4.69, 9.17) is 5.73 Å². The lowest BCUT2D eigenvalue weighted by molar-refractivity contribution is 0.553. The minimum atomic E-state index is 0.709. The highest BCUT2D eigenvalue weighted by atomic mass is 14.5. The summed E-state index contributed by atoms with van der Waals surface area (Å²) in [5.74, 6) is 0.709. The van der Waals surface area contributed by atoms with Crippen LogP contribution in [-0.4, -0.2) is 6.54 Å². The molecule has 0 radical (unpaired) electrons. The second-order valence-electron chi connectivity index (χ2n) is 5.01. The maximum absolute atomic E-state index is 5.47. The van der Waals surface area contributed by atoms with Crippen molar-refractivity contribution in [1.29, 1.82) is 0 Å². The van der Waals surface area contributed by atoms with E-state index < -0.39 is 0 Å². The molecule has 17 heavy (non-hydrogen) atoms. The summed E-state index contributed by atoms with van der Waals surface area (Å²) in [4.78, 5) is 0. The van der Waals surface area contributed by atoms with Crippen LogP contribution in [0.4, 0.5) is 0 Å². The first-order valence-electron chi connectivity index (χ1n) is 7.09.